The van der Waals surface area contributed by atoms with E-state index in [1.165, 1.54) is 12.1 Å². The van der Waals surface area contributed by atoms with Gasteiger partial charge < -0.3 is 5.11 Å². The highest BCUT2D eigenvalue weighted by molar-refractivity contribution is 5.82. The first kappa shape index (κ1) is 13.7. The lowest BCUT2D eigenvalue weighted by atomic mass is 9.88. The molecule has 0 amide bonds. The van der Waals surface area contributed by atoms with Gasteiger partial charge in [-0.2, -0.15) is 0 Å². The van der Waals surface area contributed by atoms with Crippen molar-refractivity contribution in [2.75, 3.05) is 0 Å². The summed E-state index contributed by atoms with van der Waals surface area (Å²) in [5, 5.41) is 21.3. The lowest BCUT2D eigenvalue weighted by molar-refractivity contribution is -0.386. The van der Waals surface area contributed by atoms with E-state index >= 15 is 0 Å². The first-order valence-corrected chi connectivity index (χ1v) is 6.55. The second kappa shape index (κ2) is 5.93. The maximum Gasteiger partial charge on any atom is 0.275 e. The zero-order valence-electron chi connectivity index (χ0n) is 10.6. The number of nitro groups is 1. The summed E-state index contributed by atoms with van der Waals surface area (Å²) in [7, 11) is 0. The summed E-state index contributed by atoms with van der Waals surface area (Å²) in [5.41, 5.74) is 0.125. The van der Waals surface area contributed by atoms with Crippen molar-refractivity contribution >= 4 is 11.5 Å². The van der Waals surface area contributed by atoms with Crippen LogP contribution >= 0.6 is 0 Å². The van der Waals surface area contributed by atoms with Gasteiger partial charge in [0.15, 0.2) is 0 Å². The zero-order valence-corrected chi connectivity index (χ0v) is 10.6. The number of rotatable bonds is 3. The molecule has 0 spiro atoms. The summed E-state index contributed by atoms with van der Waals surface area (Å²) in [6.07, 6.45) is 2.69. The third-order valence-electron chi connectivity index (χ3n) is 3.69. The lowest BCUT2D eigenvalue weighted by Gasteiger charge is -2.20. The molecule has 2 rings (SSSR count). The number of carbonyl (C=O) groups excluding carboxylic acids is 1. The third-order valence-corrected chi connectivity index (χ3v) is 3.69. The van der Waals surface area contributed by atoms with Gasteiger partial charge in [-0.15, -0.1) is 0 Å². The quantitative estimate of drug-likeness (QED) is 0.516. The fourth-order valence-electron chi connectivity index (χ4n) is 2.64. The van der Waals surface area contributed by atoms with Crippen molar-refractivity contribution in [1.29, 1.82) is 0 Å². The Bertz CT molecular complexity index is 486. The number of nitro benzene ring substituents is 1. The second-order valence-electron chi connectivity index (χ2n) is 4.93. The van der Waals surface area contributed by atoms with Gasteiger partial charge in [-0.25, -0.2) is 0 Å². The molecule has 0 unspecified atom stereocenters. The summed E-state index contributed by atoms with van der Waals surface area (Å²) >= 11 is 0. The molecule has 5 nitrogen and oxygen atoms in total. The van der Waals surface area contributed by atoms with E-state index in [1.807, 2.05) is 0 Å². The molecule has 0 saturated heterocycles. The summed E-state index contributed by atoms with van der Waals surface area (Å²) in [5.74, 6) is -0.494. The minimum Gasteiger partial charge on any atom is -0.387 e. The van der Waals surface area contributed by atoms with Crippen molar-refractivity contribution in [1.82, 2.24) is 0 Å². The highest BCUT2D eigenvalue weighted by Crippen LogP contribution is 2.35. The molecule has 1 fully saturated rings. The van der Waals surface area contributed by atoms with Gasteiger partial charge in [0.25, 0.3) is 5.69 Å². The topological polar surface area (TPSA) is 80.4 Å². The van der Waals surface area contributed by atoms with E-state index in [9.17, 15) is 20.0 Å². The molecule has 1 aromatic carbocycles. The maximum atomic E-state index is 12.0. The Balaban J connectivity index is 2.30. The van der Waals surface area contributed by atoms with Crippen LogP contribution in [0.1, 0.15) is 43.8 Å². The first-order valence-electron chi connectivity index (χ1n) is 6.55. The Morgan fingerprint density at radius 1 is 1.26 bits per heavy atom. The molecular formula is C14H17NO4. The van der Waals surface area contributed by atoms with Gasteiger partial charge in [0.1, 0.15) is 5.78 Å². The molecule has 19 heavy (non-hydrogen) atoms. The number of carbonyl (C=O) groups is 1. The molecule has 1 aliphatic carbocycles. The lowest BCUT2D eigenvalue weighted by Crippen LogP contribution is -2.21. The normalized spacial score (nSPS) is 21.7. The number of hydrogen-bond donors (Lipinski definition) is 1. The summed E-state index contributed by atoms with van der Waals surface area (Å²) in [6.45, 7) is 0. The molecule has 0 bridgehead atoms. The van der Waals surface area contributed by atoms with Crippen LogP contribution in [-0.2, 0) is 4.79 Å². The van der Waals surface area contributed by atoms with E-state index in [-0.39, 0.29) is 17.0 Å². The standard InChI is InChI=1S/C14H17NO4/c16-13-9-3-1-2-7-11(13)14(17)10-6-4-5-8-12(10)15(18)19/h4-6,8,11,14,17H,1-3,7,9H2/t11-,14+/m1/s1. The van der Waals surface area contributed by atoms with Crippen LogP contribution in [0.15, 0.2) is 24.3 Å². The predicted octanol–water partition coefficient (Wildman–Crippen LogP) is 2.78. The largest absolute Gasteiger partial charge is 0.387 e. The third kappa shape index (κ3) is 2.98. The Morgan fingerprint density at radius 3 is 2.74 bits per heavy atom. The number of aliphatic hydroxyl groups excluding tert-OH is 1. The summed E-state index contributed by atoms with van der Waals surface area (Å²) in [4.78, 5) is 22.4. The van der Waals surface area contributed by atoms with Crippen LogP contribution in [0.25, 0.3) is 0 Å². The van der Waals surface area contributed by atoms with Crippen LogP contribution in [0, 0.1) is 16.0 Å². The van der Waals surface area contributed by atoms with Gasteiger partial charge in [0, 0.05) is 18.4 Å². The van der Waals surface area contributed by atoms with Gasteiger partial charge in [0.05, 0.1) is 16.6 Å². The summed E-state index contributed by atoms with van der Waals surface area (Å²) < 4.78 is 0. The van der Waals surface area contributed by atoms with Gasteiger partial charge in [-0.3, -0.25) is 14.9 Å². The van der Waals surface area contributed by atoms with Gasteiger partial charge in [0.2, 0.25) is 0 Å². The molecule has 0 aromatic heterocycles. The molecule has 102 valence electrons. The van der Waals surface area contributed by atoms with Crippen LogP contribution < -0.4 is 0 Å². The minimum atomic E-state index is -1.08. The Kier molecular flexibility index (Phi) is 4.27. The molecule has 0 aliphatic heterocycles. The van der Waals surface area contributed by atoms with Crippen LogP contribution in [0.2, 0.25) is 0 Å². The van der Waals surface area contributed by atoms with Crippen LogP contribution in [-0.4, -0.2) is 15.8 Å². The molecule has 2 atom stereocenters. The second-order valence-corrected chi connectivity index (χ2v) is 4.93. The minimum absolute atomic E-state index is 0.0168. The zero-order chi connectivity index (χ0) is 13.8. The van der Waals surface area contributed by atoms with E-state index in [0.29, 0.717) is 12.8 Å². The highest BCUT2D eigenvalue weighted by atomic mass is 16.6. The predicted molar refractivity (Wildman–Crippen MR) is 69.6 cm³/mol. The van der Waals surface area contributed by atoms with Crippen LogP contribution in [0.4, 0.5) is 5.69 Å². The number of aliphatic hydroxyl groups is 1. The number of Topliss-reactive ketones (excluding diaryl/α,β-unsaturated/α-hetero) is 1. The number of ketones is 1. The average molecular weight is 263 g/mol. The molecule has 0 heterocycles. The number of para-hydroxylation sites is 1. The van der Waals surface area contributed by atoms with Crippen LogP contribution in [0.5, 0.6) is 0 Å². The fraction of sp³-hybridized carbons (Fsp3) is 0.500. The summed E-state index contributed by atoms with van der Waals surface area (Å²) in [6, 6.07) is 6.09. The first-order chi connectivity index (χ1) is 9.11. The fourth-order valence-corrected chi connectivity index (χ4v) is 2.64. The molecule has 1 aromatic rings. The average Bonchev–Trinajstić information content (AvgIpc) is 2.62. The molecular weight excluding hydrogens is 246 g/mol. The van der Waals surface area contributed by atoms with Gasteiger partial charge >= 0.3 is 0 Å². The molecule has 1 aliphatic rings. The van der Waals surface area contributed by atoms with Crippen molar-refractivity contribution in [2.24, 2.45) is 5.92 Å². The van der Waals surface area contributed by atoms with Gasteiger partial charge in [-0.05, 0) is 18.9 Å². The van der Waals surface area contributed by atoms with Crippen LogP contribution in [0.3, 0.4) is 0 Å². The van der Waals surface area contributed by atoms with E-state index in [2.05, 4.69) is 0 Å². The number of hydrogen-bond acceptors (Lipinski definition) is 4. The number of benzene rings is 1. The molecule has 0 radical (unpaired) electrons. The van der Waals surface area contributed by atoms with Crippen molar-refractivity contribution in [3.8, 4) is 0 Å². The van der Waals surface area contributed by atoms with Crippen molar-refractivity contribution in [3.05, 3.63) is 39.9 Å². The highest BCUT2D eigenvalue weighted by Gasteiger charge is 2.32. The Labute approximate surface area is 111 Å². The van der Waals surface area contributed by atoms with Crippen molar-refractivity contribution in [3.63, 3.8) is 0 Å². The monoisotopic (exact) mass is 263 g/mol. The van der Waals surface area contributed by atoms with Crippen molar-refractivity contribution in [2.45, 2.75) is 38.2 Å². The Hall–Kier alpha value is -1.75. The SMILES string of the molecule is O=C1CCCCC[C@H]1[C@@H](O)c1ccccc1[N+](=O)[O-]. The number of nitrogens with zero attached hydrogens (tertiary/aromatic N) is 1. The van der Waals surface area contributed by atoms with Gasteiger partial charge in [-0.1, -0.05) is 25.0 Å². The Morgan fingerprint density at radius 2 is 2.00 bits per heavy atom. The molecule has 1 saturated carbocycles. The molecule has 1 N–H and O–H groups in total. The van der Waals surface area contributed by atoms with E-state index in [4.69, 9.17) is 0 Å². The van der Waals surface area contributed by atoms with E-state index in [0.717, 1.165) is 19.3 Å². The molecule has 5 heteroatoms. The smallest absolute Gasteiger partial charge is 0.275 e. The maximum absolute atomic E-state index is 12.0. The van der Waals surface area contributed by atoms with E-state index < -0.39 is 16.9 Å². The van der Waals surface area contributed by atoms with E-state index in [1.54, 1.807) is 12.1 Å². The van der Waals surface area contributed by atoms with Crippen molar-refractivity contribution < 1.29 is 14.8 Å².